The van der Waals surface area contributed by atoms with Crippen LogP contribution in [-0.2, 0) is 11.2 Å². The van der Waals surface area contributed by atoms with Crippen molar-refractivity contribution in [3.63, 3.8) is 0 Å². The van der Waals surface area contributed by atoms with Crippen LogP contribution in [0.2, 0.25) is 0 Å². The number of methoxy groups -OCH3 is 2. The van der Waals surface area contributed by atoms with Gasteiger partial charge in [0.15, 0.2) is 0 Å². The van der Waals surface area contributed by atoms with E-state index in [1.54, 1.807) is 31.6 Å². The molecule has 2 aromatic carbocycles. The van der Waals surface area contributed by atoms with Gasteiger partial charge >= 0.3 is 5.63 Å². The van der Waals surface area contributed by atoms with Crippen LogP contribution >= 0.6 is 0 Å². The molecule has 1 N–H and O–H groups in total. The number of fused-ring (bicyclic) bond motifs is 3. The third kappa shape index (κ3) is 3.52. The van der Waals surface area contributed by atoms with Crippen molar-refractivity contribution in [2.45, 2.75) is 27.2 Å². The van der Waals surface area contributed by atoms with E-state index in [-0.39, 0.29) is 17.9 Å². The summed E-state index contributed by atoms with van der Waals surface area (Å²) in [6.07, 6.45) is 1.54. The Morgan fingerprint density at radius 3 is 2.52 bits per heavy atom. The smallest absolute Gasteiger partial charge is 0.340 e. The molecule has 4 rings (SSSR count). The number of benzene rings is 2. The van der Waals surface area contributed by atoms with E-state index in [9.17, 15) is 9.59 Å². The maximum Gasteiger partial charge on any atom is 0.340 e. The molecule has 0 bridgehead atoms. The first-order chi connectivity index (χ1) is 14.8. The van der Waals surface area contributed by atoms with Crippen molar-refractivity contribution in [1.82, 2.24) is 0 Å². The first-order valence-corrected chi connectivity index (χ1v) is 9.79. The fourth-order valence-electron chi connectivity index (χ4n) is 3.93. The summed E-state index contributed by atoms with van der Waals surface area (Å²) in [5.74, 6) is 0.698. The quantitative estimate of drug-likeness (QED) is 0.471. The van der Waals surface area contributed by atoms with Gasteiger partial charge in [-0.15, -0.1) is 0 Å². The number of aryl methyl sites for hydroxylation is 3. The zero-order valence-electron chi connectivity index (χ0n) is 18.0. The number of carbonyl (C=O) groups is 1. The van der Waals surface area contributed by atoms with E-state index in [1.807, 2.05) is 26.8 Å². The molecular formula is C24H23NO6. The minimum atomic E-state index is -0.538. The van der Waals surface area contributed by atoms with E-state index in [1.165, 1.54) is 7.11 Å². The van der Waals surface area contributed by atoms with Crippen LogP contribution in [0.3, 0.4) is 0 Å². The Bertz CT molecular complexity index is 1380. The average molecular weight is 421 g/mol. The molecule has 0 radical (unpaired) electrons. The zero-order valence-corrected chi connectivity index (χ0v) is 18.0. The van der Waals surface area contributed by atoms with Gasteiger partial charge in [0.2, 0.25) is 5.91 Å². The fraction of sp³-hybridized carbons (Fsp3) is 0.250. The highest BCUT2D eigenvalue weighted by atomic mass is 16.5. The minimum absolute atomic E-state index is 0.144. The maximum absolute atomic E-state index is 12.8. The van der Waals surface area contributed by atoms with Gasteiger partial charge in [-0.25, -0.2) is 4.79 Å². The molecule has 160 valence electrons. The van der Waals surface area contributed by atoms with Gasteiger partial charge in [0.25, 0.3) is 0 Å². The van der Waals surface area contributed by atoms with Crippen molar-refractivity contribution in [2.75, 3.05) is 19.5 Å². The van der Waals surface area contributed by atoms with Gasteiger partial charge in [-0.05, 0) is 55.7 Å². The number of ether oxygens (including phenoxy) is 2. The predicted octanol–water partition coefficient (Wildman–Crippen LogP) is 4.66. The van der Waals surface area contributed by atoms with Crippen molar-refractivity contribution < 1.29 is 23.1 Å². The second kappa shape index (κ2) is 7.83. The summed E-state index contributed by atoms with van der Waals surface area (Å²) in [7, 11) is 3.05. The average Bonchev–Trinajstić information content (AvgIpc) is 3.13. The lowest BCUT2D eigenvalue weighted by Gasteiger charge is -2.13. The number of anilines is 1. The van der Waals surface area contributed by atoms with E-state index in [0.29, 0.717) is 39.3 Å². The molecule has 2 heterocycles. The largest absolute Gasteiger partial charge is 0.497 e. The molecule has 1 amide bonds. The SMILES string of the molecule is COc1ccc(NC(=O)Cc2c(C)c3c(cc(C)c4c(C)coc43)oc2=O)c(OC)c1. The fourth-order valence-corrected chi connectivity index (χ4v) is 3.93. The summed E-state index contributed by atoms with van der Waals surface area (Å²) in [4.78, 5) is 25.4. The summed E-state index contributed by atoms with van der Waals surface area (Å²) >= 11 is 0. The lowest BCUT2D eigenvalue weighted by Crippen LogP contribution is -2.21. The van der Waals surface area contributed by atoms with Gasteiger partial charge in [-0.2, -0.15) is 0 Å². The molecule has 7 heteroatoms. The number of hydrogen-bond donors (Lipinski definition) is 1. The molecule has 0 atom stereocenters. The predicted molar refractivity (Wildman–Crippen MR) is 118 cm³/mol. The highest BCUT2D eigenvalue weighted by Crippen LogP contribution is 2.34. The third-order valence-electron chi connectivity index (χ3n) is 5.49. The highest BCUT2D eigenvalue weighted by molar-refractivity contribution is 6.07. The Hall–Kier alpha value is -3.74. The van der Waals surface area contributed by atoms with Crippen molar-refractivity contribution in [3.05, 3.63) is 63.2 Å². The molecular weight excluding hydrogens is 398 g/mol. The first kappa shape index (κ1) is 20.5. The van der Waals surface area contributed by atoms with Gasteiger partial charge in [-0.3, -0.25) is 4.79 Å². The summed E-state index contributed by atoms with van der Waals surface area (Å²) < 4.78 is 21.8. The van der Waals surface area contributed by atoms with Crippen LogP contribution in [0.5, 0.6) is 11.5 Å². The Balaban J connectivity index is 1.73. The number of rotatable bonds is 5. The van der Waals surface area contributed by atoms with E-state index >= 15 is 0 Å². The lowest BCUT2D eigenvalue weighted by atomic mass is 9.98. The Morgan fingerprint density at radius 1 is 1.03 bits per heavy atom. The number of nitrogens with one attached hydrogen (secondary N) is 1. The molecule has 0 spiro atoms. The van der Waals surface area contributed by atoms with Crippen LogP contribution in [-0.4, -0.2) is 20.1 Å². The third-order valence-corrected chi connectivity index (χ3v) is 5.49. The summed E-state index contributed by atoms with van der Waals surface area (Å²) in [5.41, 5.74) is 3.98. The van der Waals surface area contributed by atoms with Crippen LogP contribution in [0.4, 0.5) is 5.69 Å². The number of furan rings is 1. The highest BCUT2D eigenvalue weighted by Gasteiger charge is 2.20. The summed E-state index contributed by atoms with van der Waals surface area (Å²) in [6.45, 7) is 5.72. The molecule has 0 fully saturated rings. The van der Waals surface area contributed by atoms with Crippen LogP contribution in [0.25, 0.3) is 21.9 Å². The topological polar surface area (TPSA) is 90.9 Å². The first-order valence-electron chi connectivity index (χ1n) is 9.79. The van der Waals surface area contributed by atoms with Gasteiger partial charge < -0.3 is 23.6 Å². The molecule has 0 aliphatic rings. The van der Waals surface area contributed by atoms with Crippen molar-refractivity contribution in [1.29, 1.82) is 0 Å². The van der Waals surface area contributed by atoms with Gasteiger partial charge in [0.05, 0.1) is 43.5 Å². The number of amides is 1. The summed E-state index contributed by atoms with van der Waals surface area (Å²) in [6, 6.07) is 6.90. The van der Waals surface area contributed by atoms with E-state index in [2.05, 4.69) is 5.32 Å². The molecule has 2 aromatic heterocycles. The van der Waals surface area contributed by atoms with Crippen molar-refractivity contribution in [3.8, 4) is 11.5 Å². The molecule has 0 saturated heterocycles. The van der Waals surface area contributed by atoms with Gasteiger partial charge in [0, 0.05) is 11.5 Å². The molecule has 0 unspecified atom stereocenters. The Morgan fingerprint density at radius 2 is 1.81 bits per heavy atom. The van der Waals surface area contributed by atoms with Gasteiger partial charge in [0.1, 0.15) is 22.7 Å². The van der Waals surface area contributed by atoms with Crippen molar-refractivity contribution >= 4 is 33.5 Å². The lowest BCUT2D eigenvalue weighted by molar-refractivity contribution is -0.115. The van der Waals surface area contributed by atoms with E-state index < -0.39 is 5.63 Å². The second-order valence-electron chi connectivity index (χ2n) is 7.47. The maximum atomic E-state index is 12.8. The number of hydrogen-bond acceptors (Lipinski definition) is 6. The van der Waals surface area contributed by atoms with E-state index in [0.717, 1.165) is 16.5 Å². The zero-order chi connectivity index (χ0) is 22.3. The van der Waals surface area contributed by atoms with Crippen LogP contribution in [0.15, 0.2) is 44.2 Å². The van der Waals surface area contributed by atoms with Crippen molar-refractivity contribution in [2.24, 2.45) is 0 Å². The van der Waals surface area contributed by atoms with E-state index in [4.69, 9.17) is 18.3 Å². The second-order valence-corrected chi connectivity index (χ2v) is 7.47. The molecule has 4 aromatic rings. The molecule has 0 aliphatic carbocycles. The number of carbonyl (C=O) groups excluding carboxylic acids is 1. The van der Waals surface area contributed by atoms with Gasteiger partial charge in [-0.1, -0.05) is 0 Å². The molecule has 7 nitrogen and oxygen atoms in total. The molecule has 31 heavy (non-hydrogen) atoms. The van der Waals surface area contributed by atoms with Crippen LogP contribution < -0.4 is 20.4 Å². The minimum Gasteiger partial charge on any atom is -0.497 e. The van der Waals surface area contributed by atoms with Crippen LogP contribution in [0, 0.1) is 20.8 Å². The molecule has 0 aliphatic heterocycles. The Labute approximate surface area is 178 Å². The monoisotopic (exact) mass is 421 g/mol. The molecule has 0 saturated carbocycles. The normalized spacial score (nSPS) is 11.1. The Kier molecular flexibility index (Phi) is 5.19. The standard InChI is InChI=1S/C24H23NO6/c1-12-8-19-22(23-21(12)13(2)11-30-23)14(3)16(24(27)31-19)10-20(26)25-17-7-6-15(28-4)9-18(17)29-5/h6-9,11H,10H2,1-5H3,(H,25,26). The van der Waals surface area contributed by atoms with Crippen LogP contribution in [0.1, 0.15) is 22.3 Å². The summed E-state index contributed by atoms with van der Waals surface area (Å²) in [5, 5.41) is 4.49.